The first kappa shape index (κ1) is 32.5. The van der Waals surface area contributed by atoms with Crippen LogP contribution in [0, 0.1) is 11.8 Å². The number of aliphatic hydroxyl groups is 1. The van der Waals surface area contributed by atoms with Gasteiger partial charge in [0.15, 0.2) is 0 Å². The Morgan fingerprint density at radius 3 is 2.15 bits per heavy atom. The van der Waals surface area contributed by atoms with Crippen LogP contribution in [0.1, 0.15) is 52.1 Å². The van der Waals surface area contributed by atoms with Gasteiger partial charge in [-0.05, 0) is 94.6 Å². The van der Waals surface area contributed by atoms with Crippen LogP contribution in [0.3, 0.4) is 0 Å². The first-order valence-corrected chi connectivity index (χ1v) is 16.6. The Balaban J connectivity index is 1.35. The van der Waals surface area contributed by atoms with Gasteiger partial charge in [0.2, 0.25) is 17.7 Å². The summed E-state index contributed by atoms with van der Waals surface area (Å²) in [4.78, 5) is 46.9. The number of hydrogen-bond donors (Lipinski definition) is 3. The van der Waals surface area contributed by atoms with Crippen molar-refractivity contribution in [2.75, 3.05) is 41.8 Å². The highest BCUT2D eigenvalue weighted by Gasteiger charge is 2.78. The van der Waals surface area contributed by atoms with Crippen molar-refractivity contribution in [2.24, 2.45) is 11.8 Å². The van der Waals surface area contributed by atoms with Crippen molar-refractivity contribution in [3.05, 3.63) is 84.4 Å². The summed E-state index contributed by atoms with van der Waals surface area (Å²) in [6, 6.07) is 22.0. The van der Waals surface area contributed by atoms with E-state index in [-0.39, 0.29) is 11.8 Å². The average Bonchev–Trinajstić information content (AvgIpc) is 3.65. The minimum absolute atomic E-state index is 0.343. The molecule has 0 aromatic heterocycles. The van der Waals surface area contributed by atoms with Gasteiger partial charge in [-0.15, -0.1) is 0 Å². The average molecular weight is 641 g/mol. The molecule has 10 nitrogen and oxygen atoms in total. The third kappa shape index (κ3) is 5.63. The number of hydrogen-bond acceptors (Lipinski definition) is 7. The van der Waals surface area contributed by atoms with Gasteiger partial charge in [-0.3, -0.25) is 14.4 Å². The maximum absolute atomic E-state index is 14.7. The third-order valence-electron chi connectivity index (χ3n) is 10.1. The van der Waals surface area contributed by atoms with E-state index in [4.69, 9.17) is 9.47 Å². The summed E-state index contributed by atoms with van der Waals surface area (Å²) in [6.45, 7) is 9.79. The van der Waals surface area contributed by atoms with E-state index < -0.39 is 47.6 Å². The van der Waals surface area contributed by atoms with Crippen LogP contribution in [0.5, 0.6) is 5.75 Å². The largest absolute Gasteiger partial charge is 0.494 e. The number of anilines is 3. The number of benzene rings is 3. The summed E-state index contributed by atoms with van der Waals surface area (Å²) >= 11 is 0. The van der Waals surface area contributed by atoms with Crippen LogP contribution in [0.15, 0.2) is 78.9 Å². The Morgan fingerprint density at radius 1 is 0.936 bits per heavy atom. The fourth-order valence-electron chi connectivity index (χ4n) is 8.01. The first-order valence-electron chi connectivity index (χ1n) is 16.6. The van der Waals surface area contributed by atoms with Gasteiger partial charge < -0.3 is 35.0 Å². The molecule has 2 bridgehead atoms. The van der Waals surface area contributed by atoms with E-state index in [0.717, 1.165) is 18.8 Å². The van der Waals surface area contributed by atoms with Gasteiger partial charge in [0.25, 0.3) is 0 Å². The normalized spacial score (nSPS) is 26.5. The van der Waals surface area contributed by atoms with Crippen molar-refractivity contribution in [2.45, 2.75) is 63.8 Å². The molecule has 3 heterocycles. The predicted octanol–water partition coefficient (Wildman–Crippen LogP) is 5.01. The Labute approximate surface area is 276 Å². The Kier molecular flexibility index (Phi) is 9.00. The standard InChI is InChI=1S/C37H44N4O6/c1-5-40(6-2)27-17-13-25(14-18-27)39-34(44)32-37-22-21-36(4,47-37)30(33(43)38-26-15-19-28(20-16-26)46-7-3)31(37)35(45)41(32)29(23-42)24-11-9-8-10-12-24/h8-20,29-32,42H,5-7,21-23H2,1-4H3,(H,38,43)(H,39,44)/t29-,30+,31+,32?,36-,37?/m1/s1. The van der Waals surface area contributed by atoms with Crippen LogP contribution >= 0.6 is 0 Å². The van der Waals surface area contributed by atoms with Crippen LogP contribution in [0.2, 0.25) is 0 Å². The Morgan fingerprint density at radius 2 is 1.55 bits per heavy atom. The molecule has 10 heteroatoms. The molecule has 3 aromatic carbocycles. The monoisotopic (exact) mass is 640 g/mol. The van der Waals surface area contributed by atoms with E-state index in [1.54, 1.807) is 24.3 Å². The number of amides is 3. The Bertz CT molecular complexity index is 1600. The van der Waals surface area contributed by atoms with E-state index in [9.17, 15) is 19.5 Å². The third-order valence-corrected chi connectivity index (χ3v) is 10.1. The molecule has 3 saturated heterocycles. The first-order chi connectivity index (χ1) is 22.7. The van der Waals surface area contributed by atoms with E-state index >= 15 is 0 Å². The molecule has 6 rings (SSSR count). The van der Waals surface area contributed by atoms with Gasteiger partial charge in [-0.2, -0.15) is 0 Å². The number of carbonyl (C=O) groups excluding carboxylic acids is 3. The summed E-state index contributed by atoms with van der Waals surface area (Å²) in [5.41, 5.74) is 0.689. The minimum Gasteiger partial charge on any atom is -0.494 e. The Hall–Kier alpha value is -4.41. The maximum Gasteiger partial charge on any atom is 0.250 e. The molecule has 248 valence electrons. The van der Waals surface area contributed by atoms with Crippen LogP contribution in [0.4, 0.5) is 17.1 Å². The highest BCUT2D eigenvalue weighted by atomic mass is 16.5. The van der Waals surface area contributed by atoms with Crippen molar-refractivity contribution in [3.63, 3.8) is 0 Å². The lowest BCUT2D eigenvalue weighted by Crippen LogP contribution is -2.54. The molecule has 3 aliphatic heterocycles. The van der Waals surface area contributed by atoms with Gasteiger partial charge in [0.1, 0.15) is 17.4 Å². The molecule has 3 amide bonds. The molecule has 0 saturated carbocycles. The van der Waals surface area contributed by atoms with E-state index in [1.165, 1.54) is 4.90 Å². The van der Waals surface area contributed by atoms with Gasteiger partial charge in [-0.1, -0.05) is 30.3 Å². The molecule has 3 N–H and O–H groups in total. The molecule has 1 spiro atoms. The highest BCUT2D eigenvalue weighted by Crippen LogP contribution is 2.64. The van der Waals surface area contributed by atoms with Crippen LogP contribution < -0.4 is 20.3 Å². The van der Waals surface area contributed by atoms with Crippen molar-refractivity contribution < 1.29 is 29.0 Å². The van der Waals surface area contributed by atoms with Gasteiger partial charge in [-0.25, -0.2) is 0 Å². The molecular formula is C37H44N4O6. The number of rotatable bonds is 12. The summed E-state index contributed by atoms with van der Waals surface area (Å²) in [5, 5.41) is 16.8. The zero-order valence-corrected chi connectivity index (χ0v) is 27.4. The number of likely N-dealkylation sites (tertiary alicyclic amines) is 1. The van der Waals surface area contributed by atoms with Gasteiger partial charge in [0.05, 0.1) is 36.7 Å². The van der Waals surface area contributed by atoms with Crippen LogP contribution in [-0.4, -0.2) is 71.3 Å². The minimum atomic E-state index is -1.25. The van der Waals surface area contributed by atoms with Crippen LogP contribution in [-0.2, 0) is 19.1 Å². The van der Waals surface area contributed by atoms with Crippen molar-refractivity contribution in [1.29, 1.82) is 0 Å². The molecule has 6 atom stereocenters. The summed E-state index contributed by atoms with van der Waals surface area (Å²) in [5.74, 6) is -2.21. The molecule has 0 radical (unpaired) electrons. The summed E-state index contributed by atoms with van der Waals surface area (Å²) in [6.07, 6.45) is 0.929. The summed E-state index contributed by atoms with van der Waals surface area (Å²) < 4.78 is 12.3. The molecule has 0 aliphatic carbocycles. The zero-order chi connectivity index (χ0) is 33.3. The number of nitrogens with zero attached hydrogens (tertiary/aromatic N) is 2. The number of nitrogens with one attached hydrogen (secondary N) is 2. The highest BCUT2D eigenvalue weighted by molar-refractivity contribution is 6.05. The van der Waals surface area contributed by atoms with E-state index in [2.05, 4.69) is 29.4 Å². The molecule has 2 unspecified atom stereocenters. The number of carbonyl (C=O) groups is 3. The van der Waals surface area contributed by atoms with Gasteiger partial charge >= 0.3 is 0 Å². The second-order valence-corrected chi connectivity index (χ2v) is 12.7. The molecular weight excluding hydrogens is 596 g/mol. The molecule has 3 fully saturated rings. The second-order valence-electron chi connectivity index (χ2n) is 12.7. The topological polar surface area (TPSA) is 120 Å². The quantitative estimate of drug-likeness (QED) is 0.255. The SMILES string of the molecule is CCOc1ccc(NC(=O)[C@@H]2[C@H]3C(=O)N([C@H](CO)c4ccccc4)C(C(=O)Nc4ccc(N(CC)CC)cc4)C34CC[C@@]2(C)O4)cc1. The molecule has 3 aliphatic rings. The fraction of sp³-hybridized carbons (Fsp3) is 0.432. The fourth-order valence-corrected chi connectivity index (χ4v) is 8.01. The lowest BCUT2D eigenvalue weighted by atomic mass is 9.66. The maximum atomic E-state index is 14.7. The lowest BCUT2D eigenvalue weighted by molar-refractivity contribution is -0.147. The van der Waals surface area contributed by atoms with Crippen molar-refractivity contribution in [1.82, 2.24) is 4.90 Å². The zero-order valence-electron chi connectivity index (χ0n) is 27.4. The molecule has 47 heavy (non-hydrogen) atoms. The number of fused-ring (bicyclic) bond motifs is 1. The van der Waals surface area contributed by atoms with Crippen molar-refractivity contribution in [3.8, 4) is 5.75 Å². The van der Waals surface area contributed by atoms with E-state index in [0.29, 0.717) is 42.1 Å². The van der Waals surface area contributed by atoms with Crippen LogP contribution in [0.25, 0.3) is 0 Å². The van der Waals surface area contributed by atoms with E-state index in [1.807, 2.05) is 68.4 Å². The summed E-state index contributed by atoms with van der Waals surface area (Å²) in [7, 11) is 0. The number of ether oxygens (including phenoxy) is 2. The predicted molar refractivity (Wildman–Crippen MR) is 180 cm³/mol. The number of aliphatic hydroxyl groups excluding tert-OH is 1. The van der Waals surface area contributed by atoms with Gasteiger partial charge in [0, 0.05) is 30.2 Å². The molecule has 3 aromatic rings. The van der Waals surface area contributed by atoms with Crippen molar-refractivity contribution >= 4 is 34.8 Å². The second kappa shape index (κ2) is 13.0. The lowest BCUT2D eigenvalue weighted by Gasteiger charge is -2.37. The smallest absolute Gasteiger partial charge is 0.250 e.